The molecule has 0 saturated heterocycles. The first-order chi connectivity index (χ1) is 6.72. The summed E-state index contributed by atoms with van der Waals surface area (Å²) in [5.74, 6) is 0.421. The summed E-state index contributed by atoms with van der Waals surface area (Å²) in [6.07, 6.45) is 6.37. The van der Waals surface area contributed by atoms with E-state index < -0.39 is 0 Å². The molecule has 14 heavy (non-hydrogen) atoms. The van der Waals surface area contributed by atoms with Crippen molar-refractivity contribution in [1.82, 2.24) is 4.90 Å². The molecule has 0 aromatic carbocycles. The Morgan fingerprint density at radius 2 is 1.71 bits per heavy atom. The van der Waals surface area contributed by atoms with Gasteiger partial charge in [0, 0.05) is 13.2 Å². The molecule has 0 saturated carbocycles. The van der Waals surface area contributed by atoms with E-state index in [1.54, 1.807) is 4.90 Å². The molecule has 1 N–H and O–H groups in total. The summed E-state index contributed by atoms with van der Waals surface area (Å²) in [5, 5.41) is 7.28. The average molecular weight is 198 g/mol. The fraction of sp³-hybridized carbons (Fsp3) is 0.583. The minimum absolute atomic E-state index is 0.421. The van der Waals surface area contributed by atoms with Gasteiger partial charge in [-0.25, -0.2) is 0 Å². The van der Waals surface area contributed by atoms with Crippen LogP contribution < -0.4 is 0 Å². The third-order valence-corrected chi connectivity index (χ3v) is 1.14. The number of amidine groups is 1. The van der Waals surface area contributed by atoms with E-state index in [2.05, 4.69) is 13.5 Å². The van der Waals surface area contributed by atoms with Crippen LogP contribution in [0.5, 0.6) is 0 Å². The van der Waals surface area contributed by atoms with Gasteiger partial charge < -0.3 is 4.90 Å². The summed E-state index contributed by atoms with van der Waals surface area (Å²) < 4.78 is 0. The first-order valence-electron chi connectivity index (χ1n) is 5.32. The Morgan fingerprint density at radius 3 is 2.00 bits per heavy atom. The highest BCUT2D eigenvalue weighted by molar-refractivity contribution is 5.90. The molecule has 0 aliphatic carbocycles. The number of rotatable bonds is 3. The molecular formula is C12H26N2. The van der Waals surface area contributed by atoms with Gasteiger partial charge in [0.25, 0.3) is 0 Å². The molecule has 2 heteroatoms. The zero-order valence-corrected chi connectivity index (χ0v) is 10.6. The lowest BCUT2D eigenvalue weighted by atomic mass is 10.4. The van der Waals surface area contributed by atoms with Crippen molar-refractivity contribution in [2.24, 2.45) is 0 Å². The van der Waals surface area contributed by atoms with Crippen LogP contribution in [0, 0.1) is 5.41 Å². The maximum Gasteiger partial charge on any atom is 0.123 e. The van der Waals surface area contributed by atoms with Crippen LogP contribution in [0.4, 0.5) is 0 Å². The van der Waals surface area contributed by atoms with Gasteiger partial charge in [0.1, 0.15) is 5.84 Å². The first kappa shape index (κ1) is 18.7. The van der Waals surface area contributed by atoms with Gasteiger partial charge in [0.2, 0.25) is 0 Å². The van der Waals surface area contributed by atoms with Gasteiger partial charge in [-0.3, -0.25) is 5.41 Å². The summed E-state index contributed by atoms with van der Waals surface area (Å²) >= 11 is 0. The van der Waals surface area contributed by atoms with Crippen molar-refractivity contribution in [2.45, 2.75) is 41.0 Å². The number of likely N-dealkylation sites (N-methyl/N-ethyl adjacent to an activating group) is 1. The summed E-state index contributed by atoms with van der Waals surface area (Å²) in [4.78, 5) is 1.72. The minimum atomic E-state index is 0.421. The highest BCUT2D eigenvalue weighted by Crippen LogP contribution is 1.89. The lowest BCUT2D eigenvalue weighted by Crippen LogP contribution is -2.16. The van der Waals surface area contributed by atoms with E-state index in [-0.39, 0.29) is 0 Å². The highest BCUT2D eigenvalue weighted by atomic mass is 15.1. The van der Waals surface area contributed by atoms with Crippen molar-refractivity contribution in [2.75, 3.05) is 7.05 Å². The Labute approximate surface area is 89.8 Å². The third-order valence-electron chi connectivity index (χ3n) is 1.14. The lowest BCUT2D eigenvalue weighted by Gasteiger charge is -2.10. The van der Waals surface area contributed by atoms with Crippen molar-refractivity contribution in [3.63, 3.8) is 0 Å². The molecule has 2 nitrogen and oxygen atoms in total. The van der Waals surface area contributed by atoms with Gasteiger partial charge in [-0.15, -0.1) is 0 Å². The topological polar surface area (TPSA) is 27.1 Å². The number of allylic oxidation sites excluding steroid dienone is 1. The highest BCUT2D eigenvalue weighted by Gasteiger charge is 1.91. The maximum atomic E-state index is 7.28. The maximum absolute atomic E-state index is 7.28. The van der Waals surface area contributed by atoms with Gasteiger partial charge >= 0.3 is 0 Å². The Kier molecular flexibility index (Phi) is 23.9. The SMILES string of the molecule is C=CC(=N)N(C)/C=C\CC.CC.CC. The van der Waals surface area contributed by atoms with Crippen molar-refractivity contribution >= 4 is 5.84 Å². The van der Waals surface area contributed by atoms with Crippen LogP contribution in [-0.4, -0.2) is 17.8 Å². The standard InChI is InChI=1S/C8H14N2.2C2H6/c1-4-6-7-10(3)8(9)5-2;2*1-2/h5-7,9H,2,4H2,1,3H3;2*1-2H3/b7-6-,9-8?;;. The molecule has 84 valence electrons. The van der Waals surface area contributed by atoms with Crippen molar-refractivity contribution < 1.29 is 0 Å². The second-order valence-corrected chi connectivity index (χ2v) is 1.99. The van der Waals surface area contributed by atoms with Crippen LogP contribution in [0.15, 0.2) is 24.9 Å². The fourth-order valence-corrected chi connectivity index (χ4v) is 0.488. The summed E-state index contributed by atoms with van der Waals surface area (Å²) in [7, 11) is 1.83. The summed E-state index contributed by atoms with van der Waals surface area (Å²) in [6, 6.07) is 0. The predicted molar refractivity (Wildman–Crippen MR) is 67.8 cm³/mol. The van der Waals surface area contributed by atoms with Gasteiger partial charge in [-0.05, 0) is 12.5 Å². The van der Waals surface area contributed by atoms with Gasteiger partial charge in [-0.1, -0.05) is 47.3 Å². The molecule has 0 heterocycles. The molecule has 0 unspecified atom stereocenters. The van der Waals surface area contributed by atoms with E-state index in [1.807, 2.05) is 47.0 Å². The molecule has 0 amide bonds. The first-order valence-corrected chi connectivity index (χ1v) is 5.32. The average Bonchev–Trinajstić information content (AvgIpc) is 2.30. The normalized spacial score (nSPS) is 7.86. The number of hydrogen-bond donors (Lipinski definition) is 1. The summed E-state index contributed by atoms with van der Waals surface area (Å²) in [5.41, 5.74) is 0. The Balaban J connectivity index is -0.000000266. The van der Waals surface area contributed by atoms with Crippen molar-refractivity contribution in [1.29, 1.82) is 5.41 Å². The van der Waals surface area contributed by atoms with Gasteiger partial charge in [-0.2, -0.15) is 0 Å². The lowest BCUT2D eigenvalue weighted by molar-refractivity contribution is 0.683. The van der Waals surface area contributed by atoms with Crippen LogP contribution in [0.25, 0.3) is 0 Å². The third kappa shape index (κ3) is 13.5. The Morgan fingerprint density at radius 1 is 1.29 bits per heavy atom. The van der Waals surface area contributed by atoms with Crippen LogP contribution in [0.1, 0.15) is 41.0 Å². The largest absolute Gasteiger partial charge is 0.337 e. The molecule has 0 fully saturated rings. The second-order valence-electron chi connectivity index (χ2n) is 1.99. The van der Waals surface area contributed by atoms with Gasteiger partial charge in [0.05, 0.1) is 0 Å². The molecule has 0 aromatic rings. The van der Waals surface area contributed by atoms with E-state index in [0.717, 1.165) is 6.42 Å². The van der Waals surface area contributed by atoms with Crippen LogP contribution in [0.3, 0.4) is 0 Å². The molecule has 0 aliphatic heterocycles. The zero-order chi connectivity index (χ0) is 12.0. The Hall–Kier alpha value is -1.05. The Bertz CT molecular complexity index is 148. The van der Waals surface area contributed by atoms with Crippen molar-refractivity contribution in [3.05, 3.63) is 24.9 Å². The molecule has 0 spiro atoms. The number of nitrogens with one attached hydrogen (secondary N) is 1. The van der Waals surface area contributed by atoms with Crippen LogP contribution in [0.2, 0.25) is 0 Å². The minimum Gasteiger partial charge on any atom is -0.337 e. The van der Waals surface area contributed by atoms with E-state index in [1.165, 1.54) is 6.08 Å². The second kappa shape index (κ2) is 17.9. The molecule has 0 radical (unpaired) electrons. The van der Waals surface area contributed by atoms with Crippen LogP contribution in [-0.2, 0) is 0 Å². The van der Waals surface area contributed by atoms with E-state index >= 15 is 0 Å². The molecule has 0 atom stereocenters. The zero-order valence-electron chi connectivity index (χ0n) is 10.6. The fourth-order valence-electron chi connectivity index (χ4n) is 0.488. The predicted octanol–water partition coefficient (Wildman–Crippen LogP) is 4.06. The summed E-state index contributed by atoms with van der Waals surface area (Å²) in [6.45, 7) is 13.5. The van der Waals surface area contributed by atoms with Crippen LogP contribution >= 0.6 is 0 Å². The quantitative estimate of drug-likeness (QED) is 0.537. The van der Waals surface area contributed by atoms with E-state index in [0.29, 0.717) is 5.84 Å². The van der Waals surface area contributed by atoms with E-state index in [9.17, 15) is 0 Å². The molecular weight excluding hydrogens is 172 g/mol. The van der Waals surface area contributed by atoms with Gasteiger partial charge in [0.15, 0.2) is 0 Å². The monoisotopic (exact) mass is 198 g/mol. The molecule has 0 bridgehead atoms. The van der Waals surface area contributed by atoms with Crippen molar-refractivity contribution in [3.8, 4) is 0 Å². The molecule has 0 aliphatic rings. The smallest absolute Gasteiger partial charge is 0.123 e. The number of nitrogens with zero attached hydrogens (tertiary/aromatic N) is 1. The molecule has 0 rings (SSSR count). The van der Waals surface area contributed by atoms with E-state index in [4.69, 9.17) is 5.41 Å². The molecule has 0 aromatic heterocycles. The number of hydrogen-bond acceptors (Lipinski definition) is 1.